The van der Waals surface area contributed by atoms with E-state index in [1.165, 1.54) is 5.56 Å². The van der Waals surface area contributed by atoms with Gasteiger partial charge in [-0.25, -0.2) is 0 Å². The summed E-state index contributed by atoms with van der Waals surface area (Å²) in [4.78, 5) is 0. The lowest BCUT2D eigenvalue weighted by atomic mass is 9.89. The van der Waals surface area contributed by atoms with E-state index in [0.717, 1.165) is 84.9 Å². The lowest BCUT2D eigenvalue weighted by Gasteiger charge is -2.20. The summed E-state index contributed by atoms with van der Waals surface area (Å²) < 4.78 is 4.49. The fourth-order valence-corrected chi connectivity index (χ4v) is 8.19. The molecule has 0 fully saturated rings. The number of nitrogens with zero attached hydrogens (tertiary/aromatic N) is 5. The molecule has 5 nitrogen and oxygen atoms in total. The van der Waals surface area contributed by atoms with Crippen molar-refractivity contribution < 1.29 is 0 Å². The van der Waals surface area contributed by atoms with Gasteiger partial charge in [-0.15, -0.1) is 0 Å². The van der Waals surface area contributed by atoms with Crippen LogP contribution in [0.25, 0.3) is 61.3 Å². The van der Waals surface area contributed by atoms with Crippen molar-refractivity contribution in [3.05, 3.63) is 173 Å². The van der Waals surface area contributed by atoms with E-state index in [0.29, 0.717) is 22.6 Å². The lowest BCUT2D eigenvalue weighted by Crippen LogP contribution is -2.04. The van der Waals surface area contributed by atoms with Crippen LogP contribution in [-0.4, -0.2) is 9.13 Å². The topological polar surface area (TPSA) is 81.2 Å². The van der Waals surface area contributed by atoms with Crippen molar-refractivity contribution in [2.75, 3.05) is 0 Å². The number of para-hydroxylation sites is 2. The Morgan fingerprint density at radius 1 is 0.673 bits per heavy atom. The SMILES string of the molecule is CC1CC=Cc2c1c1cc(C#N)ccc1n2-c1cccc(C2=CC=CCC=C2c2ccc(C#N)cc2-n2c3ccccc3c3cccc(C#N)c32)c1. The van der Waals surface area contributed by atoms with Crippen molar-refractivity contribution in [2.45, 2.75) is 25.7 Å². The zero-order chi connectivity index (χ0) is 35.3. The molecule has 52 heavy (non-hydrogen) atoms. The van der Waals surface area contributed by atoms with Crippen molar-refractivity contribution in [1.29, 1.82) is 15.8 Å². The fourth-order valence-electron chi connectivity index (χ4n) is 8.19. The van der Waals surface area contributed by atoms with Crippen molar-refractivity contribution >= 4 is 49.9 Å². The second-order valence-corrected chi connectivity index (χ2v) is 13.4. The molecule has 0 amide bonds. The quantitative estimate of drug-likeness (QED) is 0.188. The average molecular weight is 666 g/mol. The van der Waals surface area contributed by atoms with Crippen LogP contribution in [0.15, 0.2) is 134 Å². The summed E-state index contributed by atoms with van der Waals surface area (Å²) >= 11 is 0. The van der Waals surface area contributed by atoms with Crippen LogP contribution in [0, 0.1) is 34.0 Å². The van der Waals surface area contributed by atoms with Gasteiger partial charge in [0.15, 0.2) is 0 Å². The van der Waals surface area contributed by atoms with Gasteiger partial charge in [-0.1, -0.05) is 85.8 Å². The van der Waals surface area contributed by atoms with Gasteiger partial charge >= 0.3 is 0 Å². The molecule has 1 unspecified atom stereocenters. The summed E-state index contributed by atoms with van der Waals surface area (Å²) in [6.07, 6.45) is 14.9. The van der Waals surface area contributed by atoms with E-state index in [4.69, 9.17) is 0 Å². The smallest absolute Gasteiger partial charge is 0.101 e. The van der Waals surface area contributed by atoms with E-state index >= 15 is 0 Å². The van der Waals surface area contributed by atoms with Crippen molar-refractivity contribution in [1.82, 2.24) is 9.13 Å². The summed E-state index contributed by atoms with van der Waals surface area (Å²) in [6, 6.07) is 41.8. The summed E-state index contributed by atoms with van der Waals surface area (Å²) in [5, 5.41) is 33.3. The molecule has 0 N–H and O–H groups in total. The van der Waals surface area contributed by atoms with Gasteiger partial charge in [0, 0.05) is 33.1 Å². The molecular weight excluding hydrogens is 635 g/mol. The van der Waals surface area contributed by atoms with Crippen molar-refractivity contribution in [3.63, 3.8) is 0 Å². The standard InChI is InChI=1S/C47H31N5/c1-30-10-7-19-44-46(30)41-24-31(27-48)21-23-43(41)51(44)35-13-8-11-33(26-35)36-14-3-2-4-15-37(36)39-22-20-32(28-49)25-45(39)52-42-18-6-5-16-38(42)40-17-9-12-34(29-50)47(40)52/h2-3,5-9,11-26,30H,4,10H2,1H3. The first kappa shape index (κ1) is 30.9. The third-order valence-electron chi connectivity index (χ3n) is 10.5. The van der Waals surface area contributed by atoms with Crippen LogP contribution in [0.5, 0.6) is 0 Å². The van der Waals surface area contributed by atoms with Crippen LogP contribution in [0.4, 0.5) is 0 Å². The molecule has 0 aliphatic heterocycles. The minimum absolute atomic E-state index is 0.335. The Balaban J connectivity index is 1.26. The van der Waals surface area contributed by atoms with Crippen LogP contribution in [0.1, 0.15) is 64.8 Å². The molecule has 0 radical (unpaired) electrons. The van der Waals surface area contributed by atoms with E-state index in [-0.39, 0.29) is 0 Å². The van der Waals surface area contributed by atoms with Crippen LogP contribution in [0.3, 0.4) is 0 Å². The number of benzene rings is 5. The maximum Gasteiger partial charge on any atom is 0.101 e. The minimum Gasteiger partial charge on any atom is -0.310 e. The zero-order valence-electron chi connectivity index (χ0n) is 28.5. The molecule has 0 spiro atoms. The molecule has 9 rings (SSSR count). The highest BCUT2D eigenvalue weighted by Gasteiger charge is 2.25. The number of nitriles is 3. The second-order valence-electron chi connectivity index (χ2n) is 13.4. The van der Waals surface area contributed by atoms with E-state index < -0.39 is 0 Å². The molecule has 5 aromatic carbocycles. The van der Waals surface area contributed by atoms with Crippen LogP contribution >= 0.6 is 0 Å². The van der Waals surface area contributed by atoms with Crippen molar-refractivity contribution in [2.24, 2.45) is 0 Å². The Kier molecular flexibility index (Phi) is 7.32. The number of hydrogen-bond donors (Lipinski definition) is 0. The predicted molar refractivity (Wildman–Crippen MR) is 210 cm³/mol. The fraction of sp³-hybridized carbons (Fsp3) is 0.0851. The molecule has 2 aliphatic carbocycles. The minimum atomic E-state index is 0.335. The Hall–Kier alpha value is -7.13. The number of aromatic nitrogens is 2. The summed E-state index contributed by atoms with van der Waals surface area (Å²) in [5.74, 6) is 0.335. The molecule has 2 heterocycles. The first-order valence-electron chi connectivity index (χ1n) is 17.5. The predicted octanol–water partition coefficient (Wildman–Crippen LogP) is 11.3. The highest BCUT2D eigenvalue weighted by molar-refractivity contribution is 6.13. The summed E-state index contributed by atoms with van der Waals surface area (Å²) in [7, 11) is 0. The molecule has 244 valence electrons. The molecule has 0 saturated heterocycles. The van der Waals surface area contributed by atoms with Gasteiger partial charge < -0.3 is 9.13 Å². The Bertz CT molecular complexity index is 2900. The molecule has 5 heteroatoms. The maximum atomic E-state index is 10.3. The van der Waals surface area contributed by atoms with Gasteiger partial charge in [0.1, 0.15) is 6.07 Å². The molecule has 1 atom stereocenters. The number of fused-ring (bicyclic) bond motifs is 6. The van der Waals surface area contributed by atoms with Crippen LogP contribution in [-0.2, 0) is 0 Å². The normalized spacial score (nSPS) is 15.1. The summed E-state index contributed by atoms with van der Waals surface area (Å²) in [5.41, 5.74) is 13.1. The van der Waals surface area contributed by atoms with Crippen LogP contribution in [0.2, 0.25) is 0 Å². The van der Waals surface area contributed by atoms with Gasteiger partial charge in [-0.2, -0.15) is 15.8 Å². The van der Waals surface area contributed by atoms with E-state index in [1.807, 2.05) is 54.6 Å². The van der Waals surface area contributed by atoms with Gasteiger partial charge in [0.25, 0.3) is 0 Å². The molecule has 7 aromatic rings. The average Bonchev–Trinajstić information content (AvgIpc) is 3.59. The lowest BCUT2D eigenvalue weighted by molar-refractivity contribution is 0.773. The first-order chi connectivity index (χ1) is 25.6. The number of hydrogen-bond acceptors (Lipinski definition) is 3. The Morgan fingerprint density at radius 2 is 1.46 bits per heavy atom. The van der Waals surface area contributed by atoms with Crippen molar-refractivity contribution in [3.8, 4) is 29.6 Å². The van der Waals surface area contributed by atoms with Gasteiger partial charge in [-0.3, -0.25) is 0 Å². The number of rotatable bonds is 4. The second kappa shape index (κ2) is 12.3. The van der Waals surface area contributed by atoms with E-state index in [9.17, 15) is 15.8 Å². The molecule has 2 aliphatic rings. The molecular formula is C47H31N5. The van der Waals surface area contributed by atoms with E-state index in [2.05, 4.69) is 119 Å². The van der Waals surface area contributed by atoms with Gasteiger partial charge in [-0.05, 0) is 102 Å². The van der Waals surface area contributed by atoms with Gasteiger partial charge in [0.2, 0.25) is 0 Å². The molecule has 0 saturated carbocycles. The van der Waals surface area contributed by atoms with E-state index in [1.54, 1.807) is 0 Å². The third kappa shape index (κ3) is 4.74. The first-order valence-corrected chi connectivity index (χ1v) is 17.5. The summed E-state index contributed by atoms with van der Waals surface area (Å²) in [6.45, 7) is 2.26. The highest BCUT2D eigenvalue weighted by Crippen LogP contribution is 2.43. The monoisotopic (exact) mass is 665 g/mol. The van der Waals surface area contributed by atoms with Crippen LogP contribution < -0.4 is 0 Å². The third-order valence-corrected chi connectivity index (χ3v) is 10.5. The van der Waals surface area contributed by atoms with Gasteiger partial charge in [0.05, 0.1) is 51.1 Å². The zero-order valence-corrected chi connectivity index (χ0v) is 28.5. The Morgan fingerprint density at radius 3 is 2.33 bits per heavy atom. The maximum absolute atomic E-state index is 10.3. The number of allylic oxidation sites excluding steroid dienone is 7. The Labute approximate surface area is 301 Å². The molecule has 0 bridgehead atoms. The largest absolute Gasteiger partial charge is 0.310 e. The molecule has 2 aromatic heterocycles. The highest BCUT2D eigenvalue weighted by atomic mass is 15.0.